The lowest BCUT2D eigenvalue weighted by atomic mass is 9.99. The van der Waals surface area contributed by atoms with Crippen molar-refractivity contribution < 1.29 is 9.90 Å². The van der Waals surface area contributed by atoms with E-state index in [2.05, 4.69) is 6.58 Å². The second kappa shape index (κ2) is 3.58. The van der Waals surface area contributed by atoms with Gasteiger partial charge in [-0.2, -0.15) is 0 Å². The summed E-state index contributed by atoms with van der Waals surface area (Å²) in [7, 11) is 0. The molecule has 0 aliphatic carbocycles. The van der Waals surface area contributed by atoms with Gasteiger partial charge in [0.15, 0.2) is 6.29 Å². The van der Waals surface area contributed by atoms with Gasteiger partial charge >= 0.3 is 0 Å². The lowest BCUT2D eigenvalue weighted by Crippen LogP contribution is -1.86. The number of phenolic OH excluding ortho intramolecular Hbond substituents is 1. The van der Waals surface area contributed by atoms with Crippen molar-refractivity contribution in [2.75, 3.05) is 0 Å². The first kappa shape index (κ1) is 9.46. The Hall–Kier alpha value is -2.09. The molecule has 0 saturated carbocycles. The van der Waals surface area contributed by atoms with Crippen LogP contribution in [0.4, 0.5) is 0 Å². The maximum absolute atomic E-state index is 10.9. The first-order valence-electron chi connectivity index (χ1n) is 4.59. The van der Waals surface area contributed by atoms with Gasteiger partial charge in [0.2, 0.25) is 0 Å². The molecule has 0 radical (unpaired) electrons. The summed E-state index contributed by atoms with van der Waals surface area (Å²) in [6.07, 6.45) is 2.45. The molecular weight excluding hydrogens is 188 g/mol. The number of carbonyl (C=O) groups is 1. The largest absolute Gasteiger partial charge is 0.508 e. The van der Waals surface area contributed by atoms with Crippen LogP contribution < -0.4 is 0 Å². The molecule has 2 heteroatoms. The van der Waals surface area contributed by atoms with Gasteiger partial charge < -0.3 is 5.11 Å². The summed E-state index contributed by atoms with van der Waals surface area (Å²) >= 11 is 0. The quantitative estimate of drug-likeness (QED) is 0.753. The number of hydrogen-bond donors (Lipinski definition) is 1. The molecule has 1 N–H and O–H groups in total. The van der Waals surface area contributed by atoms with Crippen molar-refractivity contribution in [1.29, 1.82) is 0 Å². The van der Waals surface area contributed by atoms with Gasteiger partial charge in [-0.05, 0) is 28.5 Å². The summed E-state index contributed by atoms with van der Waals surface area (Å²) in [6.45, 7) is 3.70. The van der Waals surface area contributed by atoms with Crippen molar-refractivity contribution in [3.63, 3.8) is 0 Å². The van der Waals surface area contributed by atoms with Gasteiger partial charge in [-0.3, -0.25) is 4.79 Å². The summed E-state index contributed by atoms with van der Waals surface area (Å²) in [5.41, 5.74) is 1.38. The van der Waals surface area contributed by atoms with E-state index in [0.717, 1.165) is 22.6 Å². The third-order valence-corrected chi connectivity index (χ3v) is 2.37. The highest BCUT2D eigenvalue weighted by molar-refractivity contribution is 6.03. The van der Waals surface area contributed by atoms with Gasteiger partial charge in [0.1, 0.15) is 5.75 Å². The Balaban J connectivity index is 2.96. The van der Waals surface area contributed by atoms with Gasteiger partial charge in [-0.15, -0.1) is 0 Å². The van der Waals surface area contributed by atoms with E-state index in [-0.39, 0.29) is 5.75 Å². The van der Waals surface area contributed by atoms with Crippen LogP contribution >= 0.6 is 0 Å². The molecule has 0 aliphatic rings. The smallest absolute Gasteiger partial charge is 0.150 e. The molecule has 0 amide bonds. The summed E-state index contributed by atoms with van der Waals surface area (Å²) < 4.78 is 0. The molecule has 0 unspecified atom stereocenters. The molecular formula is C13H10O2. The topological polar surface area (TPSA) is 37.3 Å². The SMILES string of the molecule is C=Cc1cccc2cc(O)cc(C=O)c12. The fourth-order valence-corrected chi connectivity index (χ4v) is 1.74. The second-order valence-electron chi connectivity index (χ2n) is 3.30. The Morgan fingerprint density at radius 2 is 2.00 bits per heavy atom. The molecule has 2 rings (SSSR count). The molecule has 0 heterocycles. The number of aldehydes is 1. The van der Waals surface area contributed by atoms with Gasteiger partial charge in [0.25, 0.3) is 0 Å². The minimum atomic E-state index is 0.103. The average Bonchev–Trinajstić information content (AvgIpc) is 2.26. The Morgan fingerprint density at radius 3 is 2.67 bits per heavy atom. The molecule has 0 saturated heterocycles. The van der Waals surface area contributed by atoms with Crippen molar-refractivity contribution in [3.05, 3.63) is 48.0 Å². The third-order valence-electron chi connectivity index (χ3n) is 2.37. The molecule has 2 aromatic rings. The monoisotopic (exact) mass is 198 g/mol. The summed E-state index contributed by atoms with van der Waals surface area (Å²) in [6, 6.07) is 8.71. The summed E-state index contributed by atoms with van der Waals surface area (Å²) in [5.74, 6) is 0.103. The Labute approximate surface area is 87.5 Å². The van der Waals surface area contributed by atoms with E-state index < -0.39 is 0 Å². The highest BCUT2D eigenvalue weighted by Gasteiger charge is 2.05. The second-order valence-corrected chi connectivity index (χ2v) is 3.30. The normalized spacial score (nSPS) is 10.1. The highest BCUT2D eigenvalue weighted by Crippen LogP contribution is 2.27. The van der Waals surface area contributed by atoms with Gasteiger partial charge in [-0.25, -0.2) is 0 Å². The number of phenols is 1. The molecule has 0 aliphatic heterocycles. The molecule has 0 fully saturated rings. The minimum absolute atomic E-state index is 0.103. The number of rotatable bonds is 2. The first-order chi connectivity index (χ1) is 7.26. The van der Waals surface area contributed by atoms with Gasteiger partial charge in [-0.1, -0.05) is 30.9 Å². The molecule has 15 heavy (non-hydrogen) atoms. The lowest BCUT2D eigenvalue weighted by Gasteiger charge is -2.05. The van der Waals surface area contributed by atoms with Crippen LogP contribution in [0.25, 0.3) is 16.8 Å². The maximum Gasteiger partial charge on any atom is 0.150 e. The number of benzene rings is 2. The van der Waals surface area contributed by atoms with E-state index in [0.29, 0.717) is 5.56 Å². The molecule has 0 bridgehead atoms. The van der Waals surface area contributed by atoms with E-state index in [4.69, 9.17) is 0 Å². The fraction of sp³-hybridized carbons (Fsp3) is 0. The number of aromatic hydroxyl groups is 1. The van der Waals surface area contributed by atoms with Crippen LogP contribution in [0.5, 0.6) is 5.75 Å². The zero-order chi connectivity index (χ0) is 10.8. The van der Waals surface area contributed by atoms with Crippen molar-refractivity contribution in [3.8, 4) is 5.75 Å². The minimum Gasteiger partial charge on any atom is -0.508 e. The highest BCUT2D eigenvalue weighted by atomic mass is 16.3. The van der Waals surface area contributed by atoms with E-state index in [1.54, 1.807) is 12.1 Å². The van der Waals surface area contributed by atoms with Crippen molar-refractivity contribution >= 4 is 23.1 Å². The predicted octanol–water partition coefficient (Wildman–Crippen LogP) is 3.00. The van der Waals surface area contributed by atoms with E-state index >= 15 is 0 Å². The van der Waals surface area contributed by atoms with Crippen LogP contribution in [0.1, 0.15) is 15.9 Å². The molecule has 74 valence electrons. The van der Waals surface area contributed by atoms with Crippen molar-refractivity contribution in [2.24, 2.45) is 0 Å². The van der Waals surface area contributed by atoms with Crippen LogP contribution in [-0.4, -0.2) is 11.4 Å². The summed E-state index contributed by atoms with van der Waals surface area (Å²) in [4.78, 5) is 10.9. The third kappa shape index (κ3) is 1.50. The Kier molecular flexibility index (Phi) is 2.26. The maximum atomic E-state index is 10.9. The van der Waals surface area contributed by atoms with Crippen molar-refractivity contribution in [2.45, 2.75) is 0 Å². The lowest BCUT2D eigenvalue weighted by molar-refractivity contribution is 0.112. The van der Waals surface area contributed by atoms with E-state index in [1.165, 1.54) is 6.07 Å². The fourth-order valence-electron chi connectivity index (χ4n) is 1.74. The standard InChI is InChI=1S/C13H10O2/c1-2-9-4-3-5-10-6-12(15)7-11(8-14)13(9)10/h2-8,15H,1H2. The van der Waals surface area contributed by atoms with Crippen LogP contribution in [0.2, 0.25) is 0 Å². The molecule has 0 aromatic heterocycles. The molecule has 2 aromatic carbocycles. The van der Waals surface area contributed by atoms with E-state index in [9.17, 15) is 9.90 Å². The Morgan fingerprint density at radius 1 is 1.20 bits per heavy atom. The first-order valence-corrected chi connectivity index (χ1v) is 4.59. The van der Waals surface area contributed by atoms with Gasteiger partial charge in [0.05, 0.1) is 0 Å². The van der Waals surface area contributed by atoms with Crippen molar-refractivity contribution in [1.82, 2.24) is 0 Å². The van der Waals surface area contributed by atoms with E-state index in [1.807, 2.05) is 18.2 Å². The van der Waals surface area contributed by atoms with Crippen LogP contribution in [0.3, 0.4) is 0 Å². The van der Waals surface area contributed by atoms with Crippen LogP contribution in [-0.2, 0) is 0 Å². The number of hydrogen-bond acceptors (Lipinski definition) is 2. The molecule has 0 atom stereocenters. The predicted molar refractivity (Wildman–Crippen MR) is 61.1 cm³/mol. The van der Waals surface area contributed by atoms with Crippen LogP contribution in [0.15, 0.2) is 36.9 Å². The molecule has 0 spiro atoms. The van der Waals surface area contributed by atoms with Crippen LogP contribution in [0, 0.1) is 0 Å². The summed E-state index contributed by atoms with van der Waals surface area (Å²) in [5, 5.41) is 11.1. The molecule has 2 nitrogen and oxygen atoms in total. The number of fused-ring (bicyclic) bond motifs is 1. The average molecular weight is 198 g/mol. The number of carbonyl (C=O) groups excluding carboxylic acids is 1. The zero-order valence-electron chi connectivity index (χ0n) is 8.10. The van der Waals surface area contributed by atoms with Gasteiger partial charge in [0, 0.05) is 5.56 Å². The Bertz CT molecular complexity index is 541. The zero-order valence-corrected chi connectivity index (χ0v) is 8.10.